The van der Waals surface area contributed by atoms with Gasteiger partial charge in [-0.3, -0.25) is 4.79 Å². The number of amides is 3. The molecule has 2 aromatic carbocycles. The van der Waals surface area contributed by atoms with Crippen molar-refractivity contribution >= 4 is 57.9 Å². The lowest BCUT2D eigenvalue weighted by Gasteiger charge is -2.23. The Morgan fingerprint density at radius 1 is 1.13 bits per heavy atom. The second-order valence-electron chi connectivity index (χ2n) is 7.17. The summed E-state index contributed by atoms with van der Waals surface area (Å²) in [5.41, 5.74) is 2.15. The summed E-state index contributed by atoms with van der Waals surface area (Å²) in [7, 11) is 0. The van der Waals surface area contributed by atoms with Crippen molar-refractivity contribution in [2.75, 3.05) is 17.2 Å². The predicted molar refractivity (Wildman–Crippen MR) is 123 cm³/mol. The van der Waals surface area contributed by atoms with E-state index >= 15 is 0 Å². The lowest BCUT2D eigenvalue weighted by Crippen LogP contribution is -2.34. The fraction of sp³-hybridized carbons (Fsp3) is 0.238. The fourth-order valence-electron chi connectivity index (χ4n) is 3.39. The monoisotopic (exact) mass is 475 g/mol. The Balaban J connectivity index is 1.46. The topological polar surface area (TPSA) is 87.2 Å². The second kappa shape index (κ2) is 9.21. The summed E-state index contributed by atoms with van der Waals surface area (Å²) in [6.45, 7) is 2.52. The van der Waals surface area contributed by atoms with Crippen molar-refractivity contribution in [3.63, 3.8) is 0 Å². The minimum atomic E-state index is -0.369. The molecule has 4 rings (SSSR count). The maximum absolute atomic E-state index is 12.9. The van der Waals surface area contributed by atoms with Gasteiger partial charge in [-0.25, -0.2) is 4.79 Å². The Bertz CT molecular complexity index is 1140. The number of rotatable bonds is 4. The van der Waals surface area contributed by atoms with Gasteiger partial charge in [-0.1, -0.05) is 46.7 Å². The number of aromatic nitrogens is 2. The Hall–Kier alpha value is -2.68. The van der Waals surface area contributed by atoms with Gasteiger partial charge in [0, 0.05) is 17.3 Å². The highest BCUT2D eigenvalue weighted by atomic mass is 35.5. The molecule has 7 nitrogen and oxygen atoms in total. The van der Waals surface area contributed by atoms with Gasteiger partial charge in [0.05, 0.1) is 16.8 Å². The highest BCUT2D eigenvalue weighted by Gasteiger charge is 2.33. The first-order chi connectivity index (χ1) is 14.9. The summed E-state index contributed by atoms with van der Waals surface area (Å²) >= 11 is 13.4. The summed E-state index contributed by atoms with van der Waals surface area (Å²) in [5.74, 6) is -0.369. The van der Waals surface area contributed by atoms with E-state index in [0.29, 0.717) is 33.0 Å². The third-order valence-electron chi connectivity index (χ3n) is 4.88. The molecule has 31 heavy (non-hydrogen) atoms. The molecule has 0 unspecified atom stereocenters. The minimum Gasteiger partial charge on any atom is -0.320 e. The Morgan fingerprint density at radius 2 is 1.97 bits per heavy atom. The Kier molecular flexibility index (Phi) is 6.41. The summed E-state index contributed by atoms with van der Waals surface area (Å²) in [6.07, 6.45) is 1.59. The molecule has 10 heteroatoms. The number of nitrogens with zero attached hydrogens (tertiary/aromatic N) is 3. The zero-order chi connectivity index (χ0) is 22.0. The molecule has 3 amide bonds. The molecule has 2 N–H and O–H groups in total. The fourth-order valence-corrected chi connectivity index (χ4v) is 4.75. The molecule has 1 aromatic heterocycles. The standard InChI is InChI=1S/C21H19Cl2N5O2S/c1-12-7-8-16(15(23)10-12)25-21(30)28-9-3-6-17(28)19-26-27-20(31-19)18(29)24-14-5-2-4-13(22)11-14/h2,4-5,7-8,10-11,17H,3,6,9H2,1H3,(H,24,29)(H,25,30)/t17-/m0/s1. The van der Waals surface area contributed by atoms with E-state index in [2.05, 4.69) is 20.8 Å². The van der Waals surface area contributed by atoms with Crippen LogP contribution in [0.3, 0.4) is 0 Å². The predicted octanol–water partition coefficient (Wildman–Crippen LogP) is 5.77. The number of likely N-dealkylation sites (tertiary alicyclic amines) is 1. The number of urea groups is 1. The largest absolute Gasteiger partial charge is 0.322 e. The number of carbonyl (C=O) groups excluding carboxylic acids is 2. The summed E-state index contributed by atoms with van der Waals surface area (Å²) in [5, 5.41) is 15.7. The van der Waals surface area contributed by atoms with Crippen LogP contribution in [0.15, 0.2) is 42.5 Å². The van der Waals surface area contributed by atoms with Crippen LogP contribution in [0, 0.1) is 6.92 Å². The molecular weight excluding hydrogens is 457 g/mol. The van der Waals surface area contributed by atoms with Gasteiger partial charge in [0.1, 0.15) is 5.01 Å². The van der Waals surface area contributed by atoms with Gasteiger partial charge >= 0.3 is 6.03 Å². The van der Waals surface area contributed by atoms with E-state index < -0.39 is 0 Å². The van der Waals surface area contributed by atoms with E-state index in [1.807, 2.05) is 13.0 Å². The summed E-state index contributed by atoms with van der Waals surface area (Å²) < 4.78 is 0. The van der Waals surface area contributed by atoms with Crippen LogP contribution >= 0.6 is 34.5 Å². The van der Waals surface area contributed by atoms with E-state index in [1.54, 1.807) is 41.3 Å². The van der Waals surface area contributed by atoms with Crippen LogP contribution in [-0.4, -0.2) is 33.6 Å². The van der Waals surface area contributed by atoms with Crippen LogP contribution in [-0.2, 0) is 0 Å². The van der Waals surface area contributed by atoms with Gasteiger partial charge in [0.2, 0.25) is 5.01 Å². The molecule has 1 fully saturated rings. The quantitative estimate of drug-likeness (QED) is 0.500. The first-order valence-corrected chi connectivity index (χ1v) is 11.2. The molecule has 160 valence electrons. The highest BCUT2D eigenvalue weighted by Crippen LogP contribution is 2.35. The number of halogens is 2. The number of carbonyl (C=O) groups is 2. The third-order valence-corrected chi connectivity index (χ3v) is 6.45. The van der Waals surface area contributed by atoms with Gasteiger partial charge in [0.15, 0.2) is 0 Å². The van der Waals surface area contributed by atoms with Crippen LogP contribution in [0.5, 0.6) is 0 Å². The average Bonchev–Trinajstić information content (AvgIpc) is 3.39. The van der Waals surface area contributed by atoms with Gasteiger partial charge in [-0.15, -0.1) is 10.2 Å². The zero-order valence-electron chi connectivity index (χ0n) is 16.6. The van der Waals surface area contributed by atoms with Crippen LogP contribution in [0.4, 0.5) is 16.2 Å². The third kappa shape index (κ3) is 4.98. The number of anilines is 2. The van der Waals surface area contributed by atoms with E-state index in [-0.39, 0.29) is 23.0 Å². The van der Waals surface area contributed by atoms with Crippen LogP contribution in [0.2, 0.25) is 10.0 Å². The van der Waals surface area contributed by atoms with Crippen molar-refractivity contribution in [1.82, 2.24) is 15.1 Å². The van der Waals surface area contributed by atoms with Crippen LogP contribution in [0.25, 0.3) is 0 Å². The van der Waals surface area contributed by atoms with Crippen molar-refractivity contribution in [2.45, 2.75) is 25.8 Å². The zero-order valence-corrected chi connectivity index (χ0v) is 18.9. The Labute approximate surface area is 193 Å². The molecule has 0 aliphatic carbocycles. The minimum absolute atomic E-state index is 0.226. The molecule has 1 atom stereocenters. The first kappa shape index (κ1) is 21.5. The molecule has 0 bridgehead atoms. The molecular formula is C21H19Cl2N5O2S. The normalized spacial score (nSPS) is 15.7. The number of hydrogen-bond donors (Lipinski definition) is 2. The van der Waals surface area contributed by atoms with E-state index in [0.717, 1.165) is 18.4 Å². The van der Waals surface area contributed by atoms with Crippen molar-refractivity contribution in [3.05, 3.63) is 68.1 Å². The van der Waals surface area contributed by atoms with Crippen molar-refractivity contribution in [3.8, 4) is 0 Å². The molecule has 1 saturated heterocycles. The smallest absolute Gasteiger partial charge is 0.320 e. The molecule has 0 saturated carbocycles. The molecule has 1 aliphatic heterocycles. The maximum Gasteiger partial charge on any atom is 0.322 e. The van der Waals surface area contributed by atoms with Crippen molar-refractivity contribution in [2.24, 2.45) is 0 Å². The first-order valence-electron chi connectivity index (χ1n) is 9.65. The molecule has 2 heterocycles. The molecule has 0 spiro atoms. The lowest BCUT2D eigenvalue weighted by molar-refractivity contribution is 0.102. The van der Waals surface area contributed by atoms with E-state index in [9.17, 15) is 9.59 Å². The molecule has 3 aromatic rings. The average molecular weight is 476 g/mol. The molecule has 1 aliphatic rings. The maximum atomic E-state index is 12.9. The van der Waals surface area contributed by atoms with Gasteiger partial charge in [-0.05, 0) is 55.7 Å². The summed E-state index contributed by atoms with van der Waals surface area (Å²) in [6, 6.07) is 11.8. The SMILES string of the molecule is Cc1ccc(NC(=O)N2CCC[C@H]2c2nnc(C(=O)Nc3cccc(Cl)c3)s2)c(Cl)c1. The second-order valence-corrected chi connectivity index (χ2v) is 9.03. The number of nitrogens with one attached hydrogen (secondary N) is 2. The van der Waals surface area contributed by atoms with Gasteiger partial charge < -0.3 is 15.5 Å². The van der Waals surface area contributed by atoms with Gasteiger partial charge in [0.25, 0.3) is 5.91 Å². The Morgan fingerprint density at radius 3 is 2.74 bits per heavy atom. The lowest BCUT2D eigenvalue weighted by atomic mass is 10.2. The number of hydrogen-bond acceptors (Lipinski definition) is 5. The van der Waals surface area contributed by atoms with Crippen LogP contribution < -0.4 is 10.6 Å². The van der Waals surface area contributed by atoms with Crippen molar-refractivity contribution in [1.29, 1.82) is 0 Å². The van der Waals surface area contributed by atoms with E-state index in [4.69, 9.17) is 23.2 Å². The van der Waals surface area contributed by atoms with E-state index in [1.165, 1.54) is 11.3 Å². The van der Waals surface area contributed by atoms with Gasteiger partial charge in [-0.2, -0.15) is 0 Å². The van der Waals surface area contributed by atoms with Crippen LogP contribution in [0.1, 0.15) is 39.3 Å². The summed E-state index contributed by atoms with van der Waals surface area (Å²) in [4.78, 5) is 27.1. The number of benzene rings is 2. The number of aryl methyl sites for hydroxylation is 1. The molecule has 0 radical (unpaired) electrons. The van der Waals surface area contributed by atoms with Crippen molar-refractivity contribution < 1.29 is 9.59 Å². The highest BCUT2D eigenvalue weighted by molar-refractivity contribution is 7.13.